The van der Waals surface area contributed by atoms with Crippen molar-refractivity contribution in [3.8, 4) is 5.75 Å². The minimum absolute atomic E-state index is 0.000199. The second-order valence-corrected chi connectivity index (χ2v) is 7.84. The largest absolute Gasteiger partial charge is 0.496 e. The van der Waals surface area contributed by atoms with Crippen molar-refractivity contribution in [1.82, 2.24) is 14.8 Å². The fraction of sp³-hybridized carbons (Fsp3) is 0.524. The number of aromatic nitrogens is 1. The molecule has 2 saturated heterocycles. The van der Waals surface area contributed by atoms with Crippen molar-refractivity contribution in [2.45, 2.75) is 38.0 Å². The molecule has 0 radical (unpaired) electrons. The van der Waals surface area contributed by atoms with Gasteiger partial charge in [-0.1, -0.05) is 0 Å². The summed E-state index contributed by atoms with van der Waals surface area (Å²) in [4.78, 5) is 20.7. The Morgan fingerprint density at radius 1 is 1.36 bits per heavy atom. The highest BCUT2D eigenvalue weighted by molar-refractivity contribution is 5.88. The first-order valence-corrected chi connectivity index (χ1v) is 9.88. The summed E-state index contributed by atoms with van der Waals surface area (Å²) in [5.74, 6) is 0.841. The van der Waals surface area contributed by atoms with Gasteiger partial charge < -0.3 is 15.0 Å². The highest BCUT2D eigenvalue weighted by Gasteiger charge is 2.34. The van der Waals surface area contributed by atoms with E-state index in [-0.39, 0.29) is 24.5 Å². The Morgan fingerprint density at radius 3 is 2.96 bits per heavy atom. The van der Waals surface area contributed by atoms with Gasteiger partial charge in [0.15, 0.2) is 0 Å². The van der Waals surface area contributed by atoms with Gasteiger partial charge in [-0.3, -0.25) is 14.7 Å². The number of hydrogen-bond acceptors (Lipinski definition) is 5. The van der Waals surface area contributed by atoms with E-state index in [0.717, 1.165) is 41.9 Å². The molecular weight excluding hydrogens is 359 g/mol. The van der Waals surface area contributed by atoms with Crippen molar-refractivity contribution in [3.05, 3.63) is 30.5 Å². The molecule has 0 bridgehead atoms. The Labute approximate surface area is 164 Å². The van der Waals surface area contributed by atoms with Gasteiger partial charge in [-0.15, -0.1) is 0 Å². The normalized spacial score (nSPS) is 25.4. The average Bonchev–Trinajstić information content (AvgIpc) is 3.26. The number of alkyl halides is 1. The lowest BCUT2D eigenvalue weighted by molar-refractivity contribution is -0.132. The van der Waals surface area contributed by atoms with Crippen LogP contribution in [0.4, 0.5) is 10.1 Å². The molecule has 3 heterocycles. The third kappa shape index (κ3) is 3.90. The molecule has 2 aromatic rings. The van der Waals surface area contributed by atoms with Crippen molar-refractivity contribution < 1.29 is 13.9 Å². The molecule has 1 amide bonds. The third-order valence-corrected chi connectivity index (χ3v) is 5.77. The van der Waals surface area contributed by atoms with Gasteiger partial charge in [0.05, 0.1) is 25.7 Å². The van der Waals surface area contributed by atoms with Crippen LogP contribution in [0.2, 0.25) is 0 Å². The number of rotatable bonds is 5. The summed E-state index contributed by atoms with van der Waals surface area (Å²) in [7, 11) is 1.66. The fourth-order valence-electron chi connectivity index (χ4n) is 4.31. The maximum Gasteiger partial charge on any atom is 0.237 e. The van der Waals surface area contributed by atoms with Crippen LogP contribution in [0.1, 0.15) is 19.8 Å². The number of likely N-dealkylation sites (tertiary alicyclic amines) is 2. The number of pyridine rings is 1. The number of hydrogen-bond donors (Lipinski definition) is 1. The van der Waals surface area contributed by atoms with Crippen molar-refractivity contribution in [1.29, 1.82) is 0 Å². The summed E-state index contributed by atoms with van der Waals surface area (Å²) in [6.45, 7) is 4.19. The molecule has 0 spiro atoms. The number of ether oxygens (including phenoxy) is 1. The van der Waals surface area contributed by atoms with E-state index < -0.39 is 6.17 Å². The molecule has 1 aromatic heterocycles. The molecule has 2 fully saturated rings. The van der Waals surface area contributed by atoms with Crippen LogP contribution in [-0.2, 0) is 4.79 Å². The van der Waals surface area contributed by atoms with Gasteiger partial charge in [0.2, 0.25) is 5.91 Å². The Kier molecular flexibility index (Phi) is 5.35. The monoisotopic (exact) mass is 386 g/mol. The summed E-state index contributed by atoms with van der Waals surface area (Å²) in [6.07, 6.45) is 2.28. The van der Waals surface area contributed by atoms with E-state index in [1.807, 2.05) is 25.1 Å². The first kappa shape index (κ1) is 18.9. The van der Waals surface area contributed by atoms with Gasteiger partial charge in [0.1, 0.15) is 11.9 Å². The summed E-state index contributed by atoms with van der Waals surface area (Å²) in [5, 5.41) is 4.54. The van der Waals surface area contributed by atoms with Crippen LogP contribution in [0.3, 0.4) is 0 Å². The van der Waals surface area contributed by atoms with Crippen LogP contribution in [0.5, 0.6) is 5.75 Å². The number of benzene rings is 1. The zero-order chi connectivity index (χ0) is 19.7. The summed E-state index contributed by atoms with van der Waals surface area (Å²) < 4.78 is 19.0. The second-order valence-electron chi connectivity index (χ2n) is 7.84. The number of methoxy groups -OCH3 is 1. The number of carbonyl (C=O) groups is 1. The zero-order valence-electron chi connectivity index (χ0n) is 16.4. The van der Waals surface area contributed by atoms with E-state index in [4.69, 9.17) is 4.74 Å². The molecule has 0 saturated carbocycles. The molecule has 1 aromatic carbocycles. The Hall–Kier alpha value is -2.41. The van der Waals surface area contributed by atoms with Gasteiger partial charge in [0, 0.05) is 48.9 Å². The predicted molar refractivity (Wildman–Crippen MR) is 107 cm³/mol. The van der Waals surface area contributed by atoms with E-state index in [1.165, 1.54) is 0 Å². The van der Waals surface area contributed by atoms with E-state index in [9.17, 15) is 9.18 Å². The number of nitrogens with zero attached hydrogens (tertiary/aromatic N) is 3. The van der Waals surface area contributed by atoms with Crippen LogP contribution in [0.25, 0.3) is 10.9 Å². The lowest BCUT2D eigenvalue weighted by Crippen LogP contribution is -2.42. The Bertz CT molecular complexity index is 861. The SMILES string of the molecule is COc1ccnc2ccc(N[C@@H]3CCN(CC(=O)N4C[C@@H](F)C[C@H]4C)C3)cc12. The van der Waals surface area contributed by atoms with E-state index in [0.29, 0.717) is 13.0 Å². The number of nitrogens with one attached hydrogen (secondary N) is 1. The predicted octanol–water partition coefficient (Wildman–Crippen LogP) is 2.69. The van der Waals surface area contributed by atoms with Crippen LogP contribution in [0, 0.1) is 0 Å². The topological polar surface area (TPSA) is 57.7 Å². The van der Waals surface area contributed by atoms with E-state index in [2.05, 4.69) is 21.3 Å². The summed E-state index contributed by atoms with van der Waals surface area (Å²) >= 11 is 0. The summed E-state index contributed by atoms with van der Waals surface area (Å²) in [5.41, 5.74) is 1.92. The lowest BCUT2D eigenvalue weighted by atomic mass is 10.1. The molecule has 4 rings (SSSR count). The molecule has 0 aliphatic carbocycles. The molecular formula is C21H27FN4O2. The minimum atomic E-state index is -0.883. The number of anilines is 1. The number of carbonyl (C=O) groups excluding carboxylic acids is 1. The van der Waals surface area contributed by atoms with Gasteiger partial charge in [0.25, 0.3) is 0 Å². The molecule has 0 unspecified atom stereocenters. The van der Waals surface area contributed by atoms with Gasteiger partial charge in [-0.2, -0.15) is 0 Å². The molecule has 2 aliphatic rings. The molecule has 3 atom stereocenters. The minimum Gasteiger partial charge on any atom is -0.496 e. The lowest BCUT2D eigenvalue weighted by Gasteiger charge is -2.24. The molecule has 28 heavy (non-hydrogen) atoms. The Balaban J connectivity index is 1.36. The average molecular weight is 386 g/mol. The maximum atomic E-state index is 13.5. The highest BCUT2D eigenvalue weighted by Crippen LogP contribution is 2.27. The Morgan fingerprint density at radius 2 is 2.21 bits per heavy atom. The zero-order valence-corrected chi connectivity index (χ0v) is 16.4. The molecule has 1 N–H and O–H groups in total. The molecule has 7 heteroatoms. The first-order chi connectivity index (χ1) is 13.5. The van der Waals surface area contributed by atoms with Gasteiger partial charge >= 0.3 is 0 Å². The van der Waals surface area contributed by atoms with E-state index in [1.54, 1.807) is 18.2 Å². The second kappa shape index (κ2) is 7.91. The standard InChI is InChI=1S/C21H27FN4O2/c1-14-9-15(22)11-26(14)21(27)13-25-8-6-17(12-25)24-16-3-4-19-18(10-16)20(28-2)5-7-23-19/h3-5,7,10,14-15,17,24H,6,8-9,11-13H2,1-2H3/t14-,15+,17-/m1/s1. The number of fused-ring (bicyclic) bond motifs is 1. The molecule has 6 nitrogen and oxygen atoms in total. The van der Waals surface area contributed by atoms with Gasteiger partial charge in [-0.25, -0.2) is 4.39 Å². The number of amides is 1. The molecule has 2 aliphatic heterocycles. The summed E-state index contributed by atoms with van der Waals surface area (Å²) in [6, 6.07) is 8.20. The first-order valence-electron chi connectivity index (χ1n) is 9.88. The number of halogens is 1. The van der Waals surface area contributed by atoms with Crippen LogP contribution >= 0.6 is 0 Å². The van der Waals surface area contributed by atoms with Crippen LogP contribution in [0.15, 0.2) is 30.5 Å². The molecule has 150 valence electrons. The van der Waals surface area contributed by atoms with Gasteiger partial charge in [-0.05, 0) is 37.6 Å². The highest BCUT2D eigenvalue weighted by atomic mass is 19.1. The van der Waals surface area contributed by atoms with Crippen molar-refractivity contribution >= 4 is 22.5 Å². The maximum absolute atomic E-state index is 13.5. The van der Waals surface area contributed by atoms with Crippen LogP contribution in [-0.4, -0.2) is 72.2 Å². The van der Waals surface area contributed by atoms with E-state index >= 15 is 0 Å². The van der Waals surface area contributed by atoms with Crippen molar-refractivity contribution in [2.75, 3.05) is 38.6 Å². The quantitative estimate of drug-likeness (QED) is 0.856. The van der Waals surface area contributed by atoms with Crippen molar-refractivity contribution in [2.24, 2.45) is 0 Å². The third-order valence-electron chi connectivity index (χ3n) is 5.77. The fourth-order valence-corrected chi connectivity index (χ4v) is 4.31. The van der Waals surface area contributed by atoms with Crippen LogP contribution < -0.4 is 10.1 Å². The smallest absolute Gasteiger partial charge is 0.237 e. The van der Waals surface area contributed by atoms with Crippen molar-refractivity contribution in [3.63, 3.8) is 0 Å².